The van der Waals surface area contributed by atoms with Crippen LogP contribution in [0.3, 0.4) is 0 Å². The lowest BCUT2D eigenvalue weighted by Gasteiger charge is -2.24. The third-order valence-corrected chi connectivity index (χ3v) is 4.13. The first kappa shape index (κ1) is 20.7. The molecule has 2 N–H and O–H groups in total. The quantitative estimate of drug-likeness (QED) is 0.867. The van der Waals surface area contributed by atoms with Crippen molar-refractivity contribution >= 4 is 41.8 Å². The van der Waals surface area contributed by atoms with Crippen molar-refractivity contribution in [1.82, 2.24) is 25.4 Å². The minimum Gasteiger partial charge on any atom is -0.348 e. The van der Waals surface area contributed by atoms with Crippen LogP contribution < -0.4 is 10.6 Å². The van der Waals surface area contributed by atoms with Crippen LogP contribution in [0.15, 0.2) is 12.3 Å². The molecule has 6 nitrogen and oxygen atoms in total. The van der Waals surface area contributed by atoms with E-state index in [1.54, 1.807) is 6.20 Å². The SMILES string of the molecule is Cc1nc2c(cnn2C(C)C)cc1C(=O)N[C@H]1CCCNC1.Cl.Cl. The summed E-state index contributed by atoms with van der Waals surface area (Å²) in [5.41, 5.74) is 2.22. The van der Waals surface area contributed by atoms with Gasteiger partial charge in [0.05, 0.1) is 17.5 Å². The average Bonchev–Trinajstić information content (AvgIpc) is 2.90. The van der Waals surface area contributed by atoms with Crippen LogP contribution >= 0.6 is 24.8 Å². The van der Waals surface area contributed by atoms with Crippen molar-refractivity contribution in [2.75, 3.05) is 13.1 Å². The Bertz CT molecular complexity index is 695. The van der Waals surface area contributed by atoms with Crippen LogP contribution in [0.2, 0.25) is 0 Å². The molecule has 2 aromatic heterocycles. The molecule has 0 spiro atoms. The van der Waals surface area contributed by atoms with Gasteiger partial charge in [0.1, 0.15) is 0 Å². The van der Waals surface area contributed by atoms with Crippen LogP contribution in [0.1, 0.15) is 48.8 Å². The highest BCUT2D eigenvalue weighted by Crippen LogP contribution is 2.19. The van der Waals surface area contributed by atoms with Crippen LogP contribution in [-0.2, 0) is 0 Å². The van der Waals surface area contributed by atoms with E-state index in [-0.39, 0.29) is 42.8 Å². The molecular weight excluding hydrogens is 349 g/mol. The van der Waals surface area contributed by atoms with Crippen molar-refractivity contribution < 1.29 is 4.79 Å². The second-order valence-corrected chi connectivity index (χ2v) is 6.23. The van der Waals surface area contributed by atoms with Gasteiger partial charge < -0.3 is 10.6 Å². The number of aromatic nitrogens is 3. The fourth-order valence-corrected chi connectivity index (χ4v) is 2.91. The summed E-state index contributed by atoms with van der Waals surface area (Å²) in [4.78, 5) is 17.1. The van der Waals surface area contributed by atoms with Gasteiger partial charge >= 0.3 is 0 Å². The number of nitrogens with zero attached hydrogens (tertiary/aromatic N) is 3. The first-order chi connectivity index (χ1) is 10.6. The summed E-state index contributed by atoms with van der Waals surface area (Å²) >= 11 is 0. The lowest BCUT2D eigenvalue weighted by atomic mass is 10.1. The predicted molar refractivity (Wildman–Crippen MR) is 101 cm³/mol. The summed E-state index contributed by atoms with van der Waals surface area (Å²) in [7, 11) is 0. The van der Waals surface area contributed by atoms with Crippen molar-refractivity contribution in [3.05, 3.63) is 23.5 Å². The van der Waals surface area contributed by atoms with Gasteiger partial charge in [-0.3, -0.25) is 4.79 Å². The second kappa shape index (κ2) is 8.65. The highest BCUT2D eigenvalue weighted by Gasteiger charge is 2.19. The highest BCUT2D eigenvalue weighted by molar-refractivity contribution is 5.98. The van der Waals surface area contributed by atoms with Gasteiger partial charge in [-0.15, -0.1) is 24.8 Å². The zero-order valence-electron chi connectivity index (χ0n) is 14.2. The zero-order valence-corrected chi connectivity index (χ0v) is 15.8. The fourth-order valence-electron chi connectivity index (χ4n) is 2.91. The molecule has 1 aliphatic heterocycles. The van der Waals surface area contributed by atoms with Crippen LogP contribution in [-0.4, -0.2) is 39.8 Å². The molecule has 1 aliphatic rings. The first-order valence-corrected chi connectivity index (χ1v) is 7.92. The molecule has 2 aromatic rings. The maximum Gasteiger partial charge on any atom is 0.253 e. The second-order valence-electron chi connectivity index (χ2n) is 6.23. The number of piperidine rings is 1. The number of carbonyl (C=O) groups excluding carboxylic acids is 1. The van der Waals surface area contributed by atoms with Crippen molar-refractivity contribution in [3.63, 3.8) is 0 Å². The average molecular weight is 374 g/mol. The molecule has 0 unspecified atom stereocenters. The Hall–Kier alpha value is -1.37. The molecule has 0 aromatic carbocycles. The number of hydrogen-bond acceptors (Lipinski definition) is 4. The Balaban J connectivity index is 0.00000144. The van der Waals surface area contributed by atoms with Crippen LogP contribution in [0.4, 0.5) is 0 Å². The molecular formula is C16H25Cl2N5O. The predicted octanol–water partition coefficient (Wildman–Crippen LogP) is 2.65. The van der Waals surface area contributed by atoms with Gasteiger partial charge in [0, 0.05) is 24.0 Å². The number of carbonyl (C=O) groups is 1. The fraction of sp³-hybridized carbons (Fsp3) is 0.562. The summed E-state index contributed by atoms with van der Waals surface area (Å²) in [6.07, 6.45) is 3.90. The van der Waals surface area contributed by atoms with Crippen LogP contribution in [0, 0.1) is 6.92 Å². The van der Waals surface area contributed by atoms with Crippen LogP contribution in [0.25, 0.3) is 11.0 Å². The van der Waals surface area contributed by atoms with E-state index in [2.05, 4.69) is 34.6 Å². The molecule has 0 aliphatic carbocycles. The van der Waals surface area contributed by atoms with Gasteiger partial charge in [-0.25, -0.2) is 9.67 Å². The number of fused-ring (bicyclic) bond motifs is 1. The number of aryl methyl sites for hydroxylation is 1. The lowest BCUT2D eigenvalue weighted by molar-refractivity contribution is 0.0930. The summed E-state index contributed by atoms with van der Waals surface area (Å²) in [6, 6.07) is 2.35. The Morgan fingerprint density at radius 3 is 2.79 bits per heavy atom. The molecule has 1 fully saturated rings. The van der Waals surface area contributed by atoms with Crippen molar-refractivity contribution in [2.24, 2.45) is 0 Å². The van der Waals surface area contributed by atoms with E-state index >= 15 is 0 Å². The van der Waals surface area contributed by atoms with E-state index in [9.17, 15) is 4.79 Å². The minimum absolute atomic E-state index is 0. The maximum absolute atomic E-state index is 12.5. The molecule has 3 heterocycles. The lowest BCUT2D eigenvalue weighted by Crippen LogP contribution is -2.45. The Kier molecular flexibility index (Phi) is 7.45. The van der Waals surface area contributed by atoms with Gasteiger partial charge in [-0.05, 0) is 46.2 Å². The van der Waals surface area contributed by atoms with Gasteiger partial charge in [0.25, 0.3) is 5.91 Å². The number of hydrogen-bond donors (Lipinski definition) is 2. The highest BCUT2D eigenvalue weighted by atomic mass is 35.5. The Morgan fingerprint density at radius 2 is 2.17 bits per heavy atom. The molecule has 3 rings (SSSR count). The third kappa shape index (κ3) is 4.18. The molecule has 134 valence electrons. The molecule has 1 saturated heterocycles. The molecule has 0 radical (unpaired) electrons. The van der Waals surface area contributed by atoms with Gasteiger partial charge in [0.2, 0.25) is 0 Å². The monoisotopic (exact) mass is 373 g/mol. The number of nitrogens with one attached hydrogen (secondary N) is 2. The Labute approximate surface area is 154 Å². The summed E-state index contributed by atoms with van der Waals surface area (Å²) in [5.74, 6) is -0.0436. The van der Waals surface area contributed by atoms with Crippen LogP contribution in [0.5, 0.6) is 0 Å². The van der Waals surface area contributed by atoms with Gasteiger partial charge in [-0.2, -0.15) is 5.10 Å². The normalized spacial score (nSPS) is 17.2. The van der Waals surface area contributed by atoms with Crippen molar-refractivity contribution in [1.29, 1.82) is 0 Å². The topological polar surface area (TPSA) is 71.8 Å². The largest absolute Gasteiger partial charge is 0.348 e. The number of halogens is 2. The summed E-state index contributed by atoms with van der Waals surface area (Å²) in [5, 5.41) is 11.7. The first-order valence-electron chi connectivity index (χ1n) is 7.92. The standard InChI is InChI=1S/C16H23N5O.2ClH/c1-10(2)21-15-12(8-18-21)7-14(11(3)19-15)16(22)20-13-5-4-6-17-9-13;;/h7-8,10,13,17H,4-6,9H2,1-3H3,(H,20,22);2*1H/t13-;;/m0../s1. The number of amides is 1. The molecule has 1 amide bonds. The summed E-state index contributed by atoms with van der Waals surface area (Å²) in [6.45, 7) is 7.89. The van der Waals surface area contributed by atoms with Crippen molar-refractivity contribution in [3.8, 4) is 0 Å². The van der Waals surface area contributed by atoms with E-state index in [0.717, 1.165) is 42.7 Å². The molecule has 8 heteroatoms. The number of pyridine rings is 1. The van der Waals surface area contributed by atoms with E-state index in [1.165, 1.54) is 0 Å². The van der Waals surface area contributed by atoms with Crippen molar-refractivity contribution in [2.45, 2.75) is 45.7 Å². The molecule has 0 bridgehead atoms. The third-order valence-electron chi connectivity index (χ3n) is 4.13. The maximum atomic E-state index is 12.5. The van der Waals surface area contributed by atoms with Gasteiger partial charge in [0.15, 0.2) is 5.65 Å². The molecule has 0 saturated carbocycles. The smallest absolute Gasteiger partial charge is 0.253 e. The van der Waals surface area contributed by atoms with E-state index in [0.29, 0.717) is 5.56 Å². The van der Waals surface area contributed by atoms with Gasteiger partial charge in [-0.1, -0.05) is 0 Å². The molecule has 1 atom stereocenters. The molecule has 24 heavy (non-hydrogen) atoms. The number of rotatable bonds is 3. The zero-order chi connectivity index (χ0) is 15.7. The minimum atomic E-state index is -0.0436. The van der Waals surface area contributed by atoms with E-state index < -0.39 is 0 Å². The van der Waals surface area contributed by atoms with E-state index in [4.69, 9.17) is 0 Å². The summed E-state index contributed by atoms with van der Waals surface area (Å²) < 4.78 is 1.88. The van der Waals surface area contributed by atoms with E-state index in [1.807, 2.05) is 17.7 Å². The Morgan fingerprint density at radius 1 is 1.42 bits per heavy atom.